The van der Waals surface area contributed by atoms with Crippen molar-refractivity contribution >= 4 is 11.8 Å². The van der Waals surface area contributed by atoms with Gasteiger partial charge in [-0.15, -0.1) is 0 Å². The van der Waals surface area contributed by atoms with Gasteiger partial charge in [0.05, 0.1) is 17.9 Å². The second-order valence-electron chi connectivity index (χ2n) is 3.91. The van der Waals surface area contributed by atoms with Gasteiger partial charge in [-0.05, 0) is 30.8 Å². The highest BCUT2D eigenvalue weighted by Gasteiger charge is 2.34. The van der Waals surface area contributed by atoms with Gasteiger partial charge in [-0.3, -0.25) is 4.68 Å². The molecule has 0 spiro atoms. The summed E-state index contributed by atoms with van der Waals surface area (Å²) in [5, 5.41) is 13.2. The monoisotopic (exact) mass is 230 g/mol. The van der Waals surface area contributed by atoms with E-state index < -0.39 is 0 Å². The SMILES string of the molecule is OCCC1(n2cc(F)cn2)CCSCC1. The number of aliphatic hydroxyl groups is 1. The smallest absolute Gasteiger partial charge is 0.161 e. The van der Waals surface area contributed by atoms with Gasteiger partial charge in [0.2, 0.25) is 0 Å². The van der Waals surface area contributed by atoms with Crippen LogP contribution in [0.1, 0.15) is 19.3 Å². The third kappa shape index (κ3) is 2.18. The Bertz CT molecular complexity index is 317. The molecule has 0 atom stereocenters. The normalized spacial score (nSPS) is 20.4. The quantitative estimate of drug-likeness (QED) is 0.857. The lowest BCUT2D eigenvalue weighted by Gasteiger charge is -2.36. The zero-order chi connectivity index (χ0) is 10.7. The molecule has 5 heteroatoms. The first kappa shape index (κ1) is 11.0. The third-order valence-corrected chi connectivity index (χ3v) is 4.02. The Morgan fingerprint density at radius 3 is 2.80 bits per heavy atom. The fraction of sp³-hybridized carbons (Fsp3) is 0.700. The Labute approximate surface area is 92.7 Å². The third-order valence-electron chi connectivity index (χ3n) is 3.04. The largest absolute Gasteiger partial charge is 0.396 e. The molecule has 0 aromatic carbocycles. The number of halogens is 1. The van der Waals surface area contributed by atoms with E-state index in [2.05, 4.69) is 5.10 Å². The van der Waals surface area contributed by atoms with Crippen LogP contribution in [0.15, 0.2) is 12.4 Å². The first-order valence-electron chi connectivity index (χ1n) is 5.16. The molecule has 2 heterocycles. The summed E-state index contributed by atoms with van der Waals surface area (Å²) in [6.45, 7) is 0.131. The van der Waals surface area contributed by atoms with E-state index in [1.165, 1.54) is 12.4 Å². The molecule has 0 amide bonds. The molecular formula is C10H15FN2OS. The van der Waals surface area contributed by atoms with Gasteiger partial charge in [0.1, 0.15) is 0 Å². The van der Waals surface area contributed by atoms with Gasteiger partial charge in [0.15, 0.2) is 5.82 Å². The summed E-state index contributed by atoms with van der Waals surface area (Å²) in [6, 6.07) is 0. The maximum absolute atomic E-state index is 12.9. The van der Waals surface area contributed by atoms with E-state index in [9.17, 15) is 4.39 Å². The molecule has 1 aliphatic rings. The molecule has 84 valence electrons. The molecule has 0 aliphatic carbocycles. The Balaban J connectivity index is 2.24. The van der Waals surface area contributed by atoms with Crippen molar-refractivity contribution < 1.29 is 9.50 Å². The molecule has 0 bridgehead atoms. The molecule has 0 unspecified atom stereocenters. The number of nitrogens with zero attached hydrogens (tertiary/aromatic N) is 2. The van der Waals surface area contributed by atoms with Crippen molar-refractivity contribution in [1.82, 2.24) is 9.78 Å². The van der Waals surface area contributed by atoms with E-state index >= 15 is 0 Å². The van der Waals surface area contributed by atoms with E-state index in [1.54, 1.807) is 4.68 Å². The average Bonchev–Trinajstić information content (AvgIpc) is 2.67. The zero-order valence-corrected chi connectivity index (χ0v) is 9.34. The second-order valence-corrected chi connectivity index (χ2v) is 5.14. The van der Waals surface area contributed by atoms with Crippen LogP contribution in [0.4, 0.5) is 4.39 Å². The zero-order valence-electron chi connectivity index (χ0n) is 8.53. The van der Waals surface area contributed by atoms with Crippen LogP contribution < -0.4 is 0 Å². The van der Waals surface area contributed by atoms with Crippen molar-refractivity contribution in [1.29, 1.82) is 0 Å². The first-order chi connectivity index (χ1) is 7.27. The molecule has 1 aliphatic heterocycles. The minimum atomic E-state index is -0.300. The van der Waals surface area contributed by atoms with Crippen LogP contribution in [-0.4, -0.2) is 33.0 Å². The molecule has 2 rings (SSSR count). The average molecular weight is 230 g/mol. The molecule has 0 saturated carbocycles. The molecule has 1 N–H and O–H groups in total. The van der Waals surface area contributed by atoms with Crippen molar-refractivity contribution in [3.05, 3.63) is 18.2 Å². The number of thioether (sulfide) groups is 1. The second kappa shape index (κ2) is 4.53. The number of aliphatic hydroxyl groups excluding tert-OH is 1. The standard InChI is InChI=1S/C10H15FN2OS/c11-9-7-12-13(8-9)10(1-4-14)2-5-15-6-3-10/h7-8,14H,1-6H2. The topological polar surface area (TPSA) is 38.0 Å². The van der Waals surface area contributed by atoms with E-state index in [-0.39, 0.29) is 18.0 Å². The lowest BCUT2D eigenvalue weighted by Crippen LogP contribution is -2.38. The maximum atomic E-state index is 12.9. The highest BCUT2D eigenvalue weighted by atomic mass is 32.2. The summed E-state index contributed by atoms with van der Waals surface area (Å²) in [4.78, 5) is 0. The summed E-state index contributed by atoms with van der Waals surface area (Å²) < 4.78 is 14.6. The predicted molar refractivity (Wildman–Crippen MR) is 58.4 cm³/mol. The van der Waals surface area contributed by atoms with Crippen molar-refractivity contribution in [3.8, 4) is 0 Å². The lowest BCUT2D eigenvalue weighted by atomic mass is 9.89. The highest BCUT2D eigenvalue weighted by Crippen LogP contribution is 2.35. The summed E-state index contributed by atoms with van der Waals surface area (Å²) in [7, 11) is 0. The minimum Gasteiger partial charge on any atom is -0.396 e. The van der Waals surface area contributed by atoms with Crippen molar-refractivity contribution in [3.63, 3.8) is 0 Å². The number of rotatable bonds is 3. The van der Waals surface area contributed by atoms with Crippen molar-refractivity contribution in [2.24, 2.45) is 0 Å². The molecule has 1 aromatic rings. The summed E-state index contributed by atoms with van der Waals surface area (Å²) in [6.07, 6.45) is 5.25. The van der Waals surface area contributed by atoms with Crippen LogP contribution in [-0.2, 0) is 5.54 Å². The van der Waals surface area contributed by atoms with Crippen LogP contribution in [0.25, 0.3) is 0 Å². The predicted octanol–water partition coefficient (Wildman–Crippen LogP) is 1.63. The van der Waals surface area contributed by atoms with Crippen LogP contribution in [0.5, 0.6) is 0 Å². The van der Waals surface area contributed by atoms with Gasteiger partial charge in [-0.25, -0.2) is 4.39 Å². The van der Waals surface area contributed by atoms with Gasteiger partial charge in [0, 0.05) is 6.61 Å². The van der Waals surface area contributed by atoms with Crippen LogP contribution >= 0.6 is 11.8 Å². The van der Waals surface area contributed by atoms with Gasteiger partial charge in [-0.1, -0.05) is 0 Å². The highest BCUT2D eigenvalue weighted by molar-refractivity contribution is 7.99. The Morgan fingerprint density at radius 2 is 2.27 bits per heavy atom. The van der Waals surface area contributed by atoms with Gasteiger partial charge >= 0.3 is 0 Å². The molecule has 1 saturated heterocycles. The van der Waals surface area contributed by atoms with Gasteiger partial charge in [0.25, 0.3) is 0 Å². The fourth-order valence-corrected chi connectivity index (χ4v) is 3.37. The lowest BCUT2D eigenvalue weighted by molar-refractivity contribution is 0.157. The summed E-state index contributed by atoms with van der Waals surface area (Å²) >= 11 is 1.91. The van der Waals surface area contributed by atoms with E-state index in [1.807, 2.05) is 11.8 Å². The van der Waals surface area contributed by atoms with Gasteiger partial charge < -0.3 is 5.11 Å². The van der Waals surface area contributed by atoms with Crippen LogP contribution in [0.2, 0.25) is 0 Å². The Kier molecular flexibility index (Phi) is 3.31. The summed E-state index contributed by atoms with van der Waals surface area (Å²) in [5.74, 6) is 1.81. The molecule has 15 heavy (non-hydrogen) atoms. The van der Waals surface area contributed by atoms with E-state index in [0.717, 1.165) is 24.3 Å². The minimum absolute atomic E-state index is 0.131. The Morgan fingerprint density at radius 1 is 1.53 bits per heavy atom. The molecule has 1 fully saturated rings. The number of aromatic nitrogens is 2. The number of hydrogen-bond donors (Lipinski definition) is 1. The maximum Gasteiger partial charge on any atom is 0.161 e. The molecular weight excluding hydrogens is 215 g/mol. The van der Waals surface area contributed by atoms with Crippen molar-refractivity contribution in [2.75, 3.05) is 18.1 Å². The van der Waals surface area contributed by atoms with E-state index in [4.69, 9.17) is 5.11 Å². The molecule has 0 radical (unpaired) electrons. The van der Waals surface area contributed by atoms with Gasteiger partial charge in [-0.2, -0.15) is 16.9 Å². The van der Waals surface area contributed by atoms with Crippen LogP contribution in [0, 0.1) is 5.82 Å². The molecule has 1 aromatic heterocycles. The number of hydrogen-bond acceptors (Lipinski definition) is 3. The van der Waals surface area contributed by atoms with Crippen molar-refractivity contribution in [2.45, 2.75) is 24.8 Å². The molecule has 3 nitrogen and oxygen atoms in total. The fourth-order valence-electron chi connectivity index (χ4n) is 2.11. The first-order valence-corrected chi connectivity index (χ1v) is 6.32. The van der Waals surface area contributed by atoms with E-state index in [0.29, 0.717) is 6.42 Å². The van der Waals surface area contributed by atoms with Crippen LogP contribution in [0.3, 0.4) is 0 Å². The Hall–Kier alpha value is -0.550. The summed E-state index contributed by atoms with van der Waals surface area (Å²) in [5.41, 5.74) is -0.162.